The van der Waals surface area contributed by atoms with Crippen molar-refractivity contribution in [3.8, 4) is 0 Å². The van der Waals surface area contributed by atoms with Gasteiger partial charge in [0.15, 0.2) is 0 Å². The number of hydrogen-bond acceptors (Lipinski definition) is 4. The lowest BCUT2D eigenvalue weighted by Crippen LogP contribution is -2.46. The number of hydrogen-bond donors (Lipinski definition) is 2. The third-order valence-electron chi connectivity index (χ3n) is 4.70. The van der Waals surface area contributed by atoms with E-state index in [9.17, 15) is 14.4 Å². The molecule has 1 aromatic rings. The highest BCUT2D eigenvalue weighted by Gasteiger charge is 2.29. The van der Waals surface area contributed by atoms with E-state index in [4.69, 9.17) is 5.73 Å². The fourth-order valence-corrected chi connectivity index (χ4v) is 3.05. The minimum absolute atomic E-state index is 0.0542. The summed E-state index contributed by atoms with van der Waals surface area (Å²) in [6.07, 6.45) is 1.55. The summed E-state index contributed by atoms with van der Waals surface area (Å²) in [5.74, 6) is -0.522. The largest absolute Gasteiger partial charge is 0.355 e. The zero-order chi connectivity index (χ0) is 19.1. The van der Waals surface area contributed by atoms with E-state index in [1.54, 1.807) is 41.1 Å². The van der Waals surface area contributed by atoms with Crippen molar-refractivity contribution >= 4 is 17.7 Å². The summed E-state index contributed by atoms with van der Waals surface area (Å²) in [6, 6.07) is 6.78. The molecule has 0 bridgehead atoms. The fraction of sp³-hybridized carbons (Fsp3) is 0.526. The highest BCUT2D eigenvalue weighted by molar-refractivity contribution is 5.99. The molecule has 2 rings (SSSR count). The Morgan fingerprint density at radius 1 is 1.31 bits per heavy atom. The number of amides is 3. The second-order valence-corrected chi connectivity index (χ2v) is 6.57. The molecule has 0 radical (unpaired) electrons. The molecule has 3 N–H and O–H groups in total. The van der Waals surface area contributed by atoms with Crippen LogP contribution in [0.25, 0.3) is 0 Å². The zero-order valence-corrected chi connectivity index (χ0v) is 15.5. The molecule has 7 heteroatoms. The number of likely N-dealkylation sites (tertiary alicyclic amines) is 1. The van der Waals surface area contributed by atoms with Gasteiger partial charge in [-0.15, -0.1) is 0 Å². The lowest BCUT2D eigenvalue weighted by Gasteiger charge is -2.32. The number of piperidine rings is 1. The summed E-state index contributed by atoms with van der Waals surface area (Å²) in [4.78, 5) is 40.6. The van der Waals surface area contributed by atoms with Crippen LogP contribution in [0.1, 0.15) is 40.5 Å². The number of carbonyl (C=O) groups excluding carboxylic acids is 3. The Labute approximate surface area is 154 Å². The molecule has 1 saturated heterocycles. The smallest absolute Gasteiger partial charge is 0.253 e. The van der Waals surface area contributed by atoms with E-state index in [0.29, 0.717) is 43.9 Å². The summed E-state index contributed by atoms with van der Waals surface area (Å²) in [7, 11) is 1.73. The van der Waals surface area contributed by atoms with Gasteiger partial charge in [-0.3, -0.25) is 14.4 Å². The van der Waals surface area contributed by atoms with E-state index in [-0.39, 0.29) is 23.6 Å². The van der Waals surface area contributed by atoms with Crippen LogP contribution in [0.4, 0.5) is 0 Å². The number of nitrogens with two attached hydrogens (primary N) is 1. The molecule has 0 aromatic heterocycles. The molecule has 142 valence electrons. The summed E-state index contributed by atoms with van der Waals surface area (Å²) >= 11 is 0. The molecule has 1 unspecified atom stereocenters. The molecular formula is C19H28N4O3. The van der Waals surface area contributed by atoms with E-state index in [1.165, 1.54) is 0 Å². The number of rotatable bonds is 6. The normalized spacial score (nSPS) is 16.9. The highest BCUT2D eigenvalue weighted by atomic mass is 16.2. The van der Waals surface area contributed by atoms with Gasteiger partial charge in [0.05, 0.1) is 5.92 Å². The van der Waals surface area contributed by atoms with Gasteiger partial charge in [0.2, 0.25) is 5.91 Å². The van der Waals surface area contributed by atoms with Crippen molar-refractivity contribution in [2.24, 2.45) is 11.7 Å². The van der Waals surface area contributed by atoms with Gasteiger partial charge in [-0.1, -0.05) is 6.07 Å². The predicted octanol–water partition coefficient (Wildman–Crippen LogP) is 0.706. The minimum atomic E-state index is -0.213. The maximum Gasteiger partial charge on any atom is 0.253 e. The molecule has 0 spiro atoms. The minimum Gasteiger partial charge on any atom is -0.355 e. The van der Waals surface area contributed by atoms with Crippen LogP contribution in [0, 0.1) is 5.92 Å². The van der Waals surface area contributed by atoms with Gasteiger partial charge in [-0.05, 0) is 38.0 Å². The number of carbonyl (C=O) groups is 3. The molecule has 3 amide bonds. The van der Waals surface area contributed by atoms with Crippen molar-refractivity contribution in [2.75, 3.05) is 39.8 Å². The fourth-order valence-electron chi connectivity index (χ4n) is 3.05. The molecule has 1 heterocycles. The van der Waals surface area contributed by atoms with Crippen molar-refractivity contribution in [2.45, 2.75) is 19.8 Å². The summed E-state index contributed by atoms with van der Waals surface area (Å²) in [5, 5.41) is 2.79. The maximum atomic E-state index is 12.8. The molecule has 1 atom stereocenters. The molecule has 0 aliphatic carbocycles. The average molecular weight is 360 g/mol. The van der Waals surface area contributed by atoms with E-state index >= 15 is 0 Å². The van der Waals surface area contributed by atoms with Gasteiger partial charge < -0.3 is 20.9 Å². The van der Waals surface area contributed by atoms with E-state index < -0.39 is 0 Å². The van der Waals surface area contributed by atoms with Gasteiger partial charge in [-0.2, -0.15) is 0 Å². The van der Waals surface area contributed by atoms with Crippen molar-refractivity contribution in [1.82, 2.24) is 15.1 Å². The lowest BCUT2D eigenvalue weighted by molar-refractivity contribution is -0.126. The third-order valence-corrected chi connectivity index (χ3v) is 4.70. The Morgan fingerprint density at radius 2 is 2.04 bits per heavy atom. The predicted molar refractivity (Wildman–Crippen MR) is 99.8 cm³/mol. The zero-order valence-electron chi connectivity index (χ0n) is 15.5. The maximum absolute atomic E-state index is 12.8. The SMILES string of the molecule is CCN(C)C(=O)c1cccc(C(=O)N2CCCC(C(=O)NCCN)C2)c1. The number of nitrogens with one attached hydrogen (secondary N) is 1. The summed E-state index contributed by atoms with van der Waals surface area (Å²) < 4.78 is 0. The first-order valence-electron chi connectivity index (χ1n) is 9.10. The van der Waals surface area contributed by atoms with Crippen LogP contribution < -0.4 is 11.1 Å². The molecular weight excluding hydrogens is 332 g/mol. The Morgan fingerprint density at radius 3 is 2.73 bits per heavy atom. The number of nitrogens with zero attached hydrogens (tertiary/aromatic N) is 2. The Balaban J connectivity index is 2.08. The van der Waals surface area contributed by atoms with Crippen LogP contribution in [0.5, 0.6) is 0 Å². The van der Waals surface area contributed by atoms with E-state index in [2.05, 4.69) is 5.32 Å². The quantitative estimate of drug-likeness (QED) is 0.781. The Bertz CT molecular complexity index is 662. The van der Waals surface area contributed by atoms with Crippen LogP contribution in [0.2, 0.25) is 0 Å². The van der Waals surface area contributed by atoms with Gasteiger partial charge >= 0.3 is 0 Å². The standard InChI is InChI=1S/C19H28N4O3/c1-3-22(2)18(25)14-6-4-7-15(12-14)19(26)23-11-5-8-16(13-23)17(24)21-10-9-20/h4,6-7,12,16H,3,5,8-11,13,20H2,1-2H3,(H,21,24). The third kappa shape index (κ3) is 4.82. The van der Waals surface area contributed by atoms with Gasteiger partial charge in [-0.25, -0.2) is 0 Å². The molecule has 1 aliphatic heterocycles. The van der Waals surface area contributed by atoms with Gasteiger partial charge in [0, 0.05) is 50.9 Å². The second kappa shape index (κ2) is 9.33. The van der Waals surface area contributed by atoms with Crippen LogP contribution in [0.3, 0.4) is 0 Å². The lowest BCUT2D eigenvalue weighted by atomic mass is 9.96. The highest BCUT2D eigenvalue weighted by Crippen LogP contribution is 2.19. The van der Waals surface area contributed by atoms with Crippen molar-refractivity contribution in [1.29, 1.82) is 0 Å². The van der Waals surface area contributed by atoms with Crippen LogP contribution in [0.15, 0.2) is 24.3 Å². The van der Waals surface area contributed by atoms with Crippen molar-refractivity contribution in [3.05, 3.63) is 35.4 Å². The van der Waals surface area contributed by atoms with Gasteiger partial charge in [0.1, 0.15) is 0 Å². The molecule has 7 nitrogen and oxygen atoms in total. The van der Waals surface area contributed by atoms with E-state index in [0.717, 1.165) is 12.8 Å². The monoisotopic (exact) mass is 360 g/mol. The van der Waals surface area contributed by atoms with Crippen molar-refractivity contribution < 1.29 is 14.4 Å². The number of benzene rings is 1. The molecule has 1 aromatic carbocycles. The van der Waals surface area contributed by atoms with Crippen LogP contribution in [-0.4, -0.2) is 67.3 Å². The summed E-state index contributed by atoms with van der Waals surface area (Å²) in [5.41, 5.74) is 6.39. The Hall–Kier alpha value is -2.41. The molecule has 26 heavy (non-hydrogen) atoms. The second-order valence-electron chi connectivity index (χ2n) is 6.57. The van der Waals surface area contributed by atoms with Crippen molar-refractivity contribution in [3.63, 3.8) is 0 Å². The molecule has 0 saturated carbocycles. The van der Waals surface area contributed by atoms with Gasteiger partial charge in [0.25, 0.3) is 11.8 Å². The first kappa shape index (κ1) is 19.9. The van der Waals surface area contributed by atoms with E-state index in [1.807, 2.05) is 6.92 Å². The first-order valence-corrected chi connectivity index (χ1v) is 9.10. The molecule has 1 aliphatic rings. The first-order chi connectivity index (χ1) is 12.5. The van der Waals surface area contributed by atoms with Crippen LogP contribution in [-0.2, 0) is 4.79 Å². The summed E-state index contributed by atoms with van der Waals surface area (Å²) in [6.45, 7) is 4.35. The topological polar surface area (TPSA) is 95.7 Å². The Kier molecular flexibility index (Phi) is 7.15. The van der Waals surface area contributed by atoms with Crippen LogP contribution >= 0.6 is 0 Å². The average Bonchev–Trinajstić information content (AvgIpc) is 2.70. The molecule has 1 fully saturated rings.